The fourth-order valence-corrected chi connectivity index (χ4v) is 3.60. The first kappa shape index (κ1) is 21.1. The molecule has 0 radical (unpaired) electrons. The van der Waals surface area contributed by atoms with Crippen LogP contribution in [0, 0.1) is 10.1 Å². The van der Waals surface area contributed by atoms with Crippen molar-refractivity contribution in [2.24, 2.45) is 0 Å². The third kappa shape index (κ3) is 4.32. The number of benzene rings is 3. The summed E-state index contributed by atoms with van der Waals surface area (Å²) in [5.74, 6) is -0.435. The second-order valence-electron chi connectivity index (χ2n) is 6.58. The van der Waals surface area contributed by atoms with Gasteiger partial charge in [0.1, 0.15) is 0 Å². The number of nitrogens with zero attached hydrogens (tertiary/aromatic N) is 2. The monoisotopic (exact) mass is 471 g/mol. The quantitative estimate of drug-likeness (QED) is 0.255. The maximum atomic E-state index is 13.1. The minimum atomic E-state index is -0.558. The second-order valence-corrected chi connectivity index (χ2v) is 7.80. The fourth-order valence-electron chi connectivity index (χ4n) is 3.08. The highest BCUT2D eigenvalue weighted by Gasteiger charge is 2.17. The molecule has 1 N–H and O–H groups in total. The van der Waals surface area contributed by atoms with Crippen LogP contribution in [0.5, 0.6) is 0 Å². The van der Waals surface area contributed by atoms with Crippen LogP contribution in [0.3, 0.4) is 0 Å². The standard InChI is InChI=1S/C22H12Cl3N3O3/c23-16-7-5-12(9-17(16)24)21-11-15(14-3-1-2-4-19(14)26-21)22(29)27-20-8-6-13(28(30)31)10-18(20)25/h1-11H,(H,27,29). The molecule has 0 unspecified atom stereocenters. The molecule has 0 aliphatic rings. The molecule has 3 aromatic carbocycles. The summed E-state index contributed by atoms with van der Waals surface area (Å²) >= 11 is 18.3. The second kappa shape index (κ2) is 8.51. The third-order valence-corrected chi connectivity index (χ3v) is 5.64. The number of nitro groups is 1. The van der Waals surface area contributed by atoms with Gasteiger partial charge in [0.2, 0.25) is 0 Å². The fraction of sp³-hybridized carbons (Fsp3) is 0. The first-order valence-corrected chi connectivity index (χ1v) is 10.1. The van der Waals surface area contributed by atoms with Gasteiger partial charge in [-0.25, -0.2) is 4.98 Å². The van der Waals surface area contributed by atoms with Crippen LogP contribution in [0.2, 0.25) is 15.1 Å². The number of hydrogen-bond donors (Lipinski definition) is 1. The average molecular weight is 473 g/mol. The minimum absolute atomic E-state index is 0.0608. The van der Waals surface area contributed by atoms with E-state index in [9.17, 15) is 14.9 Å². The van der Waals surface area contributed by atoms with E-state index in [1.807, 2.05) is 6.07 Å². The number of carbonyl (C=O) groups excluding carboxylic acids is 1. The van der Waals surface area contributed by atoms with Crippen LogP contribution in [-0.2, 0) is 0 Å². The van der Waals surface area contributed by atoms with E-state index in [1.165, 1.54) is 18.2 Å². The summed E-state index contributed by atoms with van der Waals surface area (Å²) in [5, 5.41) is 15.1. The van der Waals surface area contributed by atoms with Gasteiger partial charge in [-0.15, -0.1) is 0 Å². The Labute approximate surface area is 191 Å². The molecule has 6 nitrogen and oxygen atoms in total. The molecular weight excluding hydrogens is 461 g/mol. The lowest BCUT2D eigenvalue weighted by molar-refractivity contribution is -0.384. The molecule has 1 heterocycles. The zero-order valence-corrected chi connectivity index (χ0v) is 17.9. The van der Waals surface area contributed by atoms with Crippen LogP contribution in [0.1, 0.15) is 10.4 Å². The zero-order chi connectivity index (χ0) is 22.1. The van der Waals surface area contributed by atoms with Gasteiger partial charge in [-0.3, -0.25) is 14.9 Å². The van der Waals surface area contributed by atoms with Crippen molar-refractivity contribution >= 4 is 63.0 Å². The summed E-state index contributed by atoms with van der Waals surface area (Å²) in [6, 6.07) is 17.8. The topological polar surface area (TPSA) is 85.1 Å². The summed E-state index contributed by atoms with van der Waals surface area (Å²) in [6.07, 6.45) is 0. The van der Waals surface area contributed by atoms with E-state index in [0.29, 0.717) is 37.8 Å². The molecule has 0 aliphatic heterocycles. The lowest BCUT2D eigenvalue weighted by atomic mass is 10.0. The SMILES string of the molecule is O=C(Nc1ccc([N+](=O)[O-])cc1Cl)c1cc(-c2ccc(Cl)c(Cl)c2)nc2ccccc12. The van der Waals surface area contributed by atoms with E-state index in [0.717, 1.165) is 0 Å². The lowest BCUT2D eigenvalue weighted by Gasteiger charge is -2.12. The third-order valence-electron chi connectivity index (χ3n) is 4.59. The normalized spacial score (nSPS) is 10.8. The van der Waals surface area contributed by atoms with Gasteiger partial charge < -0.3 is 5.32 Å². The first-order chi connectivity index (χ1) is 14.8. The number of aromatic nitrogens is 1. The number of nitrogens with one attached hydrogen (secondary N) is 1. The van der Waals surface area contributed by atoms with Crippen LogP contribution >= 0.6 is 34.8 Å². The average Bonchev–Trinajstić information content (AvgIpc) is 2.76. The summed E-state index contributed by atoms with van der Waals surface area (Å²) in [7, 11) is 0. The molecule has 154 valence electrons. The molecule has 4 rings (SSSR count). The van der Waals surface area contributed by atoms with Gasteiger partial charge in [-0.1, -0.05) is 59.1 Å². The predicted molar refractivity (Wildman–Crippen MR) is 123 cm³/mol. The Balaban J connectivity index is 1.78. The highest BCUT2D eigenvalue weighted by atomic mass is 35.5. The molecule has 4 aromatic rings. The number of carbonyl (C=O) groups is 1. The van der Waals surface area contributed by atoms with Gasteiger partial charge in [-0.05, 0) is 30.3 Å². The molecule has 9 heteroatoms. The van der Waals surface area contributed by atoms with E-state index >= 15 is 0 Å². The molecule has 0 atom stereocenters. The molecule has 0 spiro atoms. The number of rotatable bonds is 4. The number of amides is 1. The van der Waals surface area contributed by atoms with Crippen molar-refractivity contribution in [3.8, 4) is 11.3 Å². The molecule has 31 heavy (non-hydrogen) atoms. The Kier molecular flexibility index (Phi) is 5.78. The highest BCUT2D eigenvalue weighted by molar-refractivity contribution is 6.42. The minimum Gasteiger partial charge on any atom is -0.321 e. The summed E-state index contributed by atoms with van der Waals surface area (Å²) in [6.45, 7) is 0. The summed E-state index contributed by atoms with van der Waals surface area (Å²) < 4.78 is 0. The molecule has 1 aromatic heterocycles. The molecule has 0 bridgehead atoms. The van der Waals surface area contributed by atoms with E-state index in [4.69, 9.17) is 34.8 Å². The van der Waals surface area contributed by atoms with Crippen LogP contribution in [0.15, 0.2) is 66.7 Å². The summed E-state index contributed by atoms with van der Waals surface area (Å²) in [4.78, 5) is 28.1. The Morgan fingerprint density at radius 1 is 0.903 bits per heavy atom. The maximum absolute atomic E-state index is 13.1. The zero-order valence-electron chi connectivity index (χ0n) is 15.6. The van der Waals surface area contributed by atoms with Gasteiger partial charge in [0.05, 0.1) is 42.5 Å². The van der Waals surface area contributed by atoms with Gasteiger partial charge in [0.25, 0.3) is 11.6 Å². The summed E-state index contributed by atoms with van der Waals surface area (Å²) in [5.41, 5.74) is 2.31. The lowest BCUT2D eigenvalue weighted by Crippen LogP contribution is -2.13. The van der Waals surface area contributed by atoms with E-state index in [-0.39, 0.29) is 16.4 Å². The Morgan fingerprint density at radius 3 is 2.39 bits per heavy atom. The molecule has 0 saturated heterocycles. The van der Waals surface area contributed by atoms with Gasteiger partial charge in [0, 0.05) is 23.1 Å². The van der Waals surface area contributed by atoms with Crippen molar-refractivity contribution in [1.29, 1.82) is 0 Å². The molecular formula is C22H12Cl3N3O3. The maximum Gasteiger partial charge on any atom is 0.271 e. The largest absolute Gasteiger partial charge is 0.321 e. The van der Waals surface area contributed by atoms with E-state index < -0.39 is 10.8 Å². The number of halogens is 3. The predicted octanol–water partition coefficient (Wildman–Crippen LogP) is 7.02. The van der Waals surface area contributed by atoms with Gasteiger partial charge >= 0.3 is 0 Å². The number of non-ortho nitro benzene ring substituents is 1. The van der Waals surface area contributed by atoms with Crippen LogP contribution in [0.25, 0.3) is 22.2 Å². The van der Waals surface area contributed by atoms with Crippen molar-refractivity contribution in [2.45, 2.75) is 0 Å². The van der Waals surface area contributed by atoms with Crippen molar-refractivity contribution in [1.82, 2.24) is 4.98 Å². The highest BCUT2D eigenvalue weighted by Crippen LogP contribution is 2.31. The number of nitro benzene ring substituents is 1. The molecule has 0 saturated carbocycles. The van der Waals surface area contributed by atoms with Gasteiger partial charge in [-0.2, -0.15) is 0 Å². The van der Waals surface area contributed by atoms with E-state index in [1.54, 1.807) is 42.5 Å². The van der Waals surface area contributed by atoms with Crippen molar-refractivity contribution in [2.75, 3.05) is 5.32 Å². The van der Waals surface area contributed by atoms with Crippen molar-refractivity contribution in [3.05, 3.63) is 97.5 Å². The number of pyridine rings is 1. The smallest absolute Gasteiger partial charge is 0.271 e. The van der Waals surface area contributed by atoms with Crippen LogP contribution in [0.4, 0.5) is 11.4 Å². The number of fused-ring (bicyclic) bond motifs is 1. The van der Waals surface area contributed by atoms with E-state index in [2.05, 4.69) is 10.3 Å². The number of para-hydroxylation sites is 1. The van der Waals surface area contributed by atoms with Crippen molar-refractivity contribution in [3.63, 3.8) is 0 Å². The van der Waals surface area contributed by atoms with Crippen LogP contribution in [-0.4, -0.2) is 15.8 Å². The molecule has 0 aliphatic carbocycles. The molecule has 0 fully saturated rings. The van der Waals surface area contributed by atoms with Crippen molar-refractivity contribution < 1.29 is 9.72 Å². The number of hydrogen-bond acceptors (Lipinski definition) is 4. The first-order valence-electron chi connectivity index (χ1n) is 8.94. The van der Waals surface area contributed by atoms with Crippen LogP contribution < -0.4 is 5.32 Å². The number of anilines is 1. The van der Waals surface area contributed by atoms with Gasteiger partial charge in [0.15, 0.2) is 0 Å². The Morgan fingerprint density at radius 2 is 1.68 bits per heavy atom. The molecule has 1 amide bonds. The Hall–Kier alpha value is -3.19. The Bertz CT molecular complexity index is 1360.